The predicted octanol–water partition coefficient (Wildman–Crippen LogP) is 22.5. The van der Waals surface area contributed by atoms with Crippen molar-refractivity contribution in [3.05, 3.63) is 269 Å². The van der Waals surface area contributed by atoms with Crippen LogP contribution in [0, 0.1) is 13.8 Å². The fraction of sp³-hybridized carbons (Fsp3) is 0.231. The van der Waals surface area contributed by atoms with Gasteiger partial charge in [-0.2, -0.15) is 0 Å². The van der Waals surface area contributed by atoms with Gasteiger partial charge in [-0.25, -0.2) is 0 Å². The Bertz CT molecular complexity index is 3600. The summed E-state index contributed by atoms with van der Waals surface area (Å²) in [6, 6.07) is 85.7. The van der Waals surface area contributed by atoms with Crippen LogP contribution >= 0.6 is 0 Å². The second kappa shape index (κ2) is 24.8. The van der Waals surface area contributed by atoms with Crippen molar-refractivity contribution in [1.82, 2.24) is 0 Å². The molecule has 11 rings (SSSR count). The molecule has 1 aliphatic rings. The number of rotatable bonds is 21. The van der Waals surface area contributed by atoms with Gasteiger partial charge in [-0.1, -0.05) is 259 Å². The zero-order valence-corrected chi connectivity index (χ0v) is 47.4. The lowest BCUT2D eigenvalue weighted by Gasteiger charge is -2.26. The molecule has 0 aliphatic heterocycles. The van der Waals surface area contributed by atoms with Crippen LogP contribution in [0.2, 0.25) is 0 Å². The van der Waals surface area contributed by atoms with E-state index < -0.39 is 0 Å². The van der Waals surface area contributed by atoms with E-state index in [9.17, 15) is 0 Å². The summed E-state index contributed by atoms with van der Waals surface area (Å²) in [6.45, 7) is 11.2. The van der Waals surface area contributed by atoms with E-state index in [1.165, 1.54) is 163 Å². The van der Waals surface area contributed by atoms with E-state index in [-0.39, 0.29) is 5.92 Å². The maximum Gasteiger partial charge on any atom is 0.0462 e. The summed E-state index contributed by atoms with van der Waals surface area (Å²) in [5.74, 6) is 0.196. The van der Waals surface area contributed by atoms with Gasteiger partial charge in [0.05, 0.1) is 0 Å². The first kappa shape index (κ1) is 53.0. The van der Waals surface area contributed by atoms with E-state index in [4.69, 9.17) is 0 Å². The number of anilines is 3. The summed E-state index contributed by atoms with van der Waals surface area (Å²) in [5, 5.41) is 0. The maximum absolute atomic E-state index is 2.61. The summed E-state index contributed by atoms with van der Waals surface area (Å²) in [6.07, 6.45) is 14.2. The lowest BCUT2D eigenvalue weighted by atomic mass is 9.85. The normalized spacial score (nSPS) is 12.6. The molecule has 0 saturated carbocycles. The third-order valence-electron chi connectivity index (χ3n) is 16.7. The van der Waals surface area contributed by atoms with Crippen molar-refractivity contribution in [3.63, 3.8) is 0 Å². The molecule has 0 aromatic heterocycles. The minimum atomic E-state index is 0.196. The van der Waals surface area contributed by atoms with Crippen molar-refractivity contribution in [3.8, 4) is 66.8 Å². The minimum Gasteiger partial charge on any atom is -0.311 e. The molecular weight excluding hydrogens is 951 g/mol. The molecule has 1 atom stereocenters. The van der Waals surface area contributed by atoms with Crippen LogP contribution in [0.5, 0.6) is 0 Å². The first-order valence-corrected chi connectivity index (χ1v) is 29.7. The first-order chi connectivity index (χ1) is 38.8. The number of benzene rings is 10. The van der Waals surface area contributed by atoms with Crippen LogP contribution in [-0.4, -0.2) is 0 Å². The zero-order chi connectivity index (χ0) is 54.1. The van der Waals surface area contributed by atoms with E-state index in [0.29, 0.717) is 0 Å². The number of nitrogens with zero attached hydrogens (tertiary/aromatic N) is 1. The largest absolute Gasteiger partial charge is 0.311 e. The van der Waals surface area contributed by atoms with Crippen LogP contribution in [0.25, 0.3) is 66.8 Å². The zero-order valence-electron chi connectivity index (χ0n) is 47.4. The molecule has 1 heteroatoms. The molecule has 0 spiro atoms. The van der Waals surface area contributed by atoms with Gasteiger partial charge in [-0.05, 0) is 189 Å². The lowest BCUT2D eigenvalue weighted by Crippen LogP contribution is -2.10. The predicted molar refractivity (Wildman–Crippen MR) is 340 cm³/mol. The van der Waals surface area contributed by atoms with Crippen molar-refractivity contribution < 1.29 is 0 Å². The quantitative estimate of drug-likeness (QED) is 0.0649. The highest BCUT2D eigenvalue weighted by Gasteiger charge is 2.30. The molecule has 0 heterocycles. The smallest absolute Gasteiger partial charge is 0.0462 e. The fourth-order valence-electron chi connectivity index (χ4n) is 12.2. The topological polar surface area (TPSA) is 3.24 Å². The van der Waals surface area contributed by atoms with E-state index in [0.717, 1.165) is 42.7 Å². The summed E-state index contributed by atoms with van der Waals surface area (Å²) in [4.78, 5) is 2.42. The van der Waals surface area contributed by atoms with Crippen molar-refractivity contribution >= 4 is 17.1 Å². The molecule has 10 aromatic rings. The Morgan fingerprint density at radius 1 is 0.304 bits per heavy atom. The van der Waals surface area contributed by atoms with Gasteiger partial charge in [-0.3, -0.25) is 0 Å². The summed E-state index contributed by atoms with van der Waals surface area (Å²) < 4.78 is 0. The number of fused-ring (bicyclic) bond motifs is 3. The van der Waals surface area contributed by atoms with Crippen LogP contribution in [-0.2, 0) is 19.3 Å². The third kappa shape index (κ3) is 11.9. The molecule has 0 fully saturated rings. The summed E-state index contributed by atoms with van der Waals surface area (Å²) in [7, 11) is 0. The van der Waals surface area contributed by atoms with Crippen LogP contribution in [0.4, 0.5) is 17.1 Å². The average Bonchev–Trinajstić information content (AvgIpc) is 4.07. The molecule has 394 valence electrons. The van der Waals surface area contributed by atoms with Gasteiger partial charge in [-0.15, -0.1) is 0 Å². The van der Waals surface area contributed by atoms with Gasteiger partial charge < -0.3 is 4.90 Å². The number of hydrogen-bond acceptors (Lipinski definition) is 1. The van der Waals surface area contributed by atoms with E-state index in [1.807, 2.05) is 0 Å². The molecule has 0 radical (unpaired) electrons. The van der Waals surface area contributed by atoms with E-state index in [1.54, 1.807) is 0 Å². The van der Waals surface area contributed by atoms with Gasteiger partial charge in [0, 0.05) is 23.0 Å². The molecule has 1 unspecified atom stereocenters. The van der Waals surface area contributed by atoms with Crippen LogP contribution in [0.15, 0.2) is 224 Å². The van der Waals surface area contributed by atoms with Crippen molar-refractivity contribution in [1.29, 1.82) is 0 Å². The maximum atomic E-state index is 2.61. The Morgan fingerprint density at radius 2 is 0.709 bits per heavy atom. The number of aryl methyl sites for hydroxylation is 5. The number of unbranched alkanes of at least 4 members (excludes halogenated alkanes) is 6. The Hall–Kier alpha value is -8.00. The summed E-state index contributed by atoms with van der Waals surface area (Å²) >= 11 is 0. The molecule has 1 nitrogen and oxygen atoms in total. The Kier molecular flexibility index (Phi) is 16.6. The fourth-order valence-corrected chi connectivity index (χ4v) is 12.2. The van der Waals surface area contributed by atoms with Crippen molar-refractivity contribution in [2.75, 3.05) is 4.90 Å². The highest BCUT2D eigenvalue weighted by Crippen LogP contribution is 2.50. The van der Waals surface area contributed by atoms with E-state index >= 15 is 0 Å². The highest BCUT2D eigenvalue weighted by molar-refractivity contribution is 5.87. The second-order valence-electron chi connectivity index (χ2n) is 22.4. The molecule has 0 saturated heterocycles. The van der Waals surface area contributed by atoms with Crippen LogP contribution < -0.4 is 4.90 Å². The second-order valence-corrected chi connectivity index (χ2v) is 22.4. The molecule has 0 N–H and O–H groups in total. The molecule has 0 bridgehead atoms. The Morgan fingerprint density at radius 3 is 1.19 bits per heavy atom. The first-order valence-electron chi connectivity index (χ1n) is 29.7. The minimum absolute atomic E-state index is 0.196. The SMILES string of the molecule is CCCCCCc1cc(-c2ccc3c(c2)-c2ccccc2C3c2ccc(-c3ccc(C)cc3)cc2)c(CCCCCC)cc1-c1ccc(N(c2ccc(-c3ccc(C)cc3)cc2)c2ccc(-c3ccc(CCC)cc3)cc2)cc1. The lowest BCUT2D eigenvalue weighted by molar-refractivity contribution is 0.664. The molecule has 0 amide bonds. The van der Waals surface area contributed by atoms with Gasteiger partial charge in [0.2, 0.25) is 0 Å². The van der Waals surface area contributed by atoms with Gasteiger partial charge in [0.1, 0.15) is 0 Å². The Balaban J connectivity index is 0.962. The molecule has 1 aliphatic carbocycles. The standard InChI is InChI=1S/C78H77N/c1-6-9-11-13-18-66-53-76(68-44-51-74-77(54-68)72-20-15-16-21-73(72)78(74)65-36-34-61(35-37-65)58-28-22-55(4)23-29-58)67(19-14-12-10-7-2)52-75(66)64-42-49-71(50-43-64)79(69-45-38-62(39-46-69)59-30-24-56(5)25-31-59)70-47-40-63(41-48-70)60-32-26-57(17-8-3)27-33-60/h15-16,20-54,78H,6-14,17-19H2,1-5H3. The highest BCUT2D eigenvalue weighted by atomic mass is 15.1. The van der Waals surface area contributed by atoms with Crippen LogP contribution in [0.3, 0.4) is 0 Å². The molecule has 79 heavy (non-hydrogen) atoms. The monoisotopic (exact) mass is 1030 g/mol. The number of hydrogen-bond donors (Lipinski definition) is 0. The molecule has 10 aromatic carbocycles. The molecular formula is C78H77N. The van der Waals surface area contributed by atoms with Crippen molar-refractivity contribution in [2.24, 2.45) is 0 Å². The summed E-state index contributed by atoms with van der Waals surface area (Å²) in [5.41, 5.74) is 30.0. The average molecular weight is 1030 g/mol. The van der Waals surface area contributed by atoms with Gasteiger partial charge >= 0.3 is 0 Å². The van der Waals surface area contributed by atoms with Crippen molar-refractivity contribution in [2.45, 2.75) is 118 Å². The van der Waals surface area contributed by atoms with Gasteiger partial charge in [0.15, 0.2) is 0 Å². The van der Waals surface area contributed by atoms with Gasteiger partial charge in [0.25, 0.3) is 0 Å². The Labute approximate surface area is 472 Å². The van der Waals surface area contributed by atoms with Crippen LogP contribution in [0.1, 0.15) is 129 Å². The van der Waals surface area contributed by atoms with E-state index in [2.05, 4.69) is 264 Å². The third-order valence-corrected chi connectivity index (χ3v) is 16.7.